The van der Waals surface area contributed by atoms with Crippen LogP contribution in [-0.2, 0) is 6.54 Å². The minimum atomic E-state index is -0.0185. The van der Waals surface area contributed by atoms with Crippen molar-refractivity contribution in [2.45, 2.75) is 13.5 Å². The lowest BCUT2D eigenvalue weighted by Gasteiger charge is -2.17. The molecule has 0 saturated heterocycles. The van der Waals surface area contributed by atoms with Gasteiger partial charge in [-0.25, -0.2) is 4.98 Å². The molecular formula is C17H17N3O. The molecule has 2 heterocycles. The molecule has 2 aromatic heterocycles. The van der Waals surface area contributed by atoms with E-state index >= 15 is 0 Å². The van der Waals surface area contributed by atoms with Gasteiger partial charge in [0.2, 0.25) is 0 Å². The molecule has 0 unspecified atom stereocenters. The summed E-state index contributed by atoms with van der Waals surface area (Å²) in [6.45, 7) is 2.51. The van der Waals surface area contributed by atoms with Gasteiger partial charge in [-0.1, -0.05) is 30.3 Å². The Morgan fingerprint density at radius 3 is 2.71 bits per heavy atom. The van der Waals surface area contributed by atoms with Crippen molar-refractivity contribution in [2.75, 3.05) is 7.05 Å². The Morgan fingerprint density at radius 1 is 1.19 bits per heavy atom. The van der Waals surface area contributed by atoms with Crippen LogP contribution in [0.3, 0.4) is 0 Å². The van der Waals surface area contributed by atoms with Gasteiger partial charge in [-0.05, 0) is 24.6 Å². The van der Waals surface area contributed by atoms with Crippen molar-refractivity contribution < 1.29 is 4.79 Å². The number of aryl methyl sites for hydroxylation is 1. The number of amides is 1. The molecule has 0 fully saturated rings. The van der Waals surface area contributed by atoms with E-state index in [0.717, 1.165) is 11.3 Å². The third kappa shape index (κ3) is 2.65. The summed E-state index contributed by atoms with van der Waals surface area (Å²) in [6, 6.07) is 13.7. The third-order valence-electron chi connectivity index (χ3n) is 3.44. The van der Waals surface area contributed by atoms with E-state index in [-0.39, 0.29) is 5.91 Å². The van der Waals surface area contributed by atoms with Crippen LogP contribution >= 0.6 is 0 Å². The molecule has 0 radical (unpaired) electrons. The fraction of sp³-hybridized carbons (Fsp3) is 0.176. The van der Waals surface area contributed by atoms with E-state index in [1.807, 2.05) is 73.2 Å². The molecular weight excluding hydrogens is 262 g/mol. The van der Waals surface area contributed by atoms with Gasteiger partial charge in [-0.15, -0.1) is 0 Å². The maximum atomic E-state index is 12.6. The summed E-state index contributed by atoms with van der Waals surface area (Å²) >= 11 is 0. The van der Waals surface area contributed by atoms with Crippen LogP contribution in [0.4, 0.5) is 0 Å². The lowest BCUT2D eigenvalue weighted by atomic mass is 10.2. The van der Waals surface area contributed by atoms with Gasteiger partial charge in [0.25, 0.3) is 5.91 Å². The average Bonchev–Trinajstić information content (AvgIpc) is 2.87. The highest BCUT2D eigenvalue weighted by Crippen LogP contribution is 2.14. The second-order valence-electron chi connectivity index (χ2n) is 5.18. The predicted molar refractivity (Wildman–Crippen MR) is 82.2 cm³/mol. The van der Waals surface area contributed by atoms with Crippen LogP contribution in [-0.4, -0.2) is 27.2 Å². The fourth-order valence-corrected chi connectivity index (χ4v) is 2.44. The van der Waals surface area contributed by atoms with Gasteiger partial charge in [0.1, 0.15) is 5.65 Å². The summed E-state index contributed by atoms with van der Waals surface area (Å²) in [5.74, 6) is -0.0185. The van der Waals surface area contributed by atoms with Gasteiger partial charge < -0.3 is 9.30 Å². The normalized spacial score (nSPS) is 10.8. The maximum Gasteiger partial charge on any atom is 0.257 e. The highest BCUT2D eigenvalue weighted by molar-refractivity contribution is 5.99. The number of hydrogen-bond donors (Lipinski definition) is 0. The van der Waals surface area contributed by atoms with Gasteiger partial charge in [-0.3, -0.25) is 4.79 Å². The Hall–Kier alpha value is -2.62. The van der Waals surface area contributed by atoms with Crippen LogP contribution in [0.2, 0.25) is 0 Å². The van der Waals surface area contributed by atoms with E-state index in [1.54, 1.807) is 4.90 Å². The van der Waals surface area contributed by atoms with Gasteiger partial charge >= 0.3 is 0 Å². The van der Waals surface area contributed by atoms with E-state index in [0.29, 0.717) is 17.8 Å². The lowest BCUT2D eigenvalue weighted by Crippen LogP contribution is -2.26. The largest absolute Gasteiger partial charge is 0.337 e. The summed E-state index contributed by atoms with van der Waals surface area (Å²) in [6.07, 6.45) is 3.83. The number of carbonyl (C=O) groups is 1. The predicted octanol–water partition coefficient (Wildman–Crippen LogP) is 2.91. The van der Waals surface area contributed by atoms with Crippen LogP contribution in [0, 0.1) is 6.92 Å². The Kier molecular flexibility index (Phi) is 3.44. The molecule has 21 heavy (non-hydrogen) atoms. The van der Waals surface area contributed by atoms with E-state index in [9.17, 15) is 4.79 Å². The monoisotopic (exact) mass is 279 g/mol. The van der Waals surface area contributed by atoms with Crippen LogP contribution in [0.1, 0.15) is 21.6 Å². The Morgan fingerprint density at radius 2 is 1.95 bits per heavy atom. The number of hydrogen-bond acceptors (Lipinski definition) is 2. The highest BCUT2D eigenvalue weighted by Gasteiger charge is 2.16. The first-order chi connectivity index (χ1) is 10.1. The topological polar surface area (TPSA) is 37.6 Å². The Bertz CT molecular complexity index is 777. The molecule has 1 aromatic carbocycles. The zero-order valence-electron chi connectivity index (χ0n) is 12.2. The second-order valence-corrected chi connectivity index (χ2v) is 5.18. The van der Waals surface area contributed by atoms with Gasteiger partial charge in [0.05, 0.1) is 11.3 Å². The summed E-state index contributed by atoms with van der Waals surface area (Å²) in [5, 5.41) is 0. The zero-order valence-corrected chi connectivity index (χ0v) is 12.2. The Balaban J connectivity index is 1.89. The number of carbonyl (C=O) groups excluding carboxylic acids is 1. The van der Waals surface area contributed by atoms with E-state index < -0.39 is 0 Å². The minimum Gasteiger partial charge on any atom is -0.337 e. The molecule has 0 N–H and O–H groups in total. The van der Waals surface area contributed by atoms with Crippen LogP contribution in [0.5, 0.6) is 0 Å². The van der Waals surface area contributed by atoms with E-state index in [4.69, 9.17) is 0 Å². The number of nitrogens with zero attached hydrogens (tertiary/aromatic N) is 3. The van der Waals surface area contributed by atoms with Crippen molar-refractivity contribution in [3.05, 3.63) is 71.7 Å². The molecule has 0 aliphatic rings. The average molecular weight is 279 g/mol. The van der Waals surface area contributed by atoms with Crippen molar-refractivity contribution in [1.82, 2.24) is 14.3 Å². The number of imidazole rings is 1. The summed E-state index contributed by atoms with van der Waals surface area (Å²) in [7, 11) is 1.81. The third-order valence-corrected chi connectivity index (χ3v) is 3.44. The summed E-state index contributed by atoms with van der Waals surface area (Å²) in [4.78, 5) is 18.8. The summed E-state index contributed by atoms with van der Waals surface area (Å²) in [5.41, 5.74) is 3.35. The van der Waals surface area contributed by atoms with Gasteiger partial charge in [0, 0.05) is 26.0 Å². The molecule has 0 spiro atoms. The summed E-state index contributed by atoms with van der Waals surface area (Å²) < 4.78 is 1.89. The molecule has 0 saturated carbocycles. The SMILES string of the molecule is Cc1cn2cccc(C(=O)N(C)Cc3ccccc3)c2n1. The van der Waals surface area contributed by atoms with Crippen molar-refractivity contribution in [2.24, 2.45) is 0 Å². The molecule has 4 nitrogen and oxygen atoms in total. The molecule has 0 atom stereocenters. The number of aromatic nitrogens is 2. The molecule has 4 heteroatoms. The van der Waals surface area contributed by atoms with Crippen molar-refractivity contribution in [1.29, 1.82) is 0 Å². The van der Waals surface area contributed by atoms with Gasteiger partial charge in [0.15, 0.2) is 0 Å². The first kappa shape index (κ1) is 13.4. The van der Waals surface area contributed by atoms with E-state index in [2.05, 4.69) is 4.98 Å². The maximum absolute atomic E-state index is 12.6. The van der Waals surface area contributed by atoms with Crippen LogP contribution in [0.15, 0.2) is 54.9 Å². The smallest absolute Gasteiger partial charge is 0.257 e. The van der Waals surface area contributed by atoms with E-state index in [1.165, 1.54) is 0 Å². The molecule has 0 aliphatic carbocycles. The van der Waals surface area contributed by atoms with Crippen molar-refractivity contribution in [3.8, 4) is 0 Å². The first-order valence-corrected chi connectivity index (χ1v) is 6.89. The second kappa shape index (κ2) is 5.40. The molecule has 3 aromatic rings. The molecule has 3 rings (SSSR count). The number of benzene rings is 1. The van der Waals surface area contributed by atoms with Crippen LogP contribution in [0.25, 0.3) is 5.65 Å². The molecule has 0 aliphatic heterocycles. The molecule has 1 amide bonds. The quantitative estimate of drug-likeness (QED) is 0.739. The highest BCUT2D eigenvalue weighted by atomic mass is 16.2. The minimum absolute atomic E-state index is 0.0185. The number of pyridine rings is 1. The molecule has 0 bridgehead atoms. The first-order valence-electron chi connectivity index (χ1n) is 6.89. The lowest BCUT2D eigenvalue weighted by molar-refractivity contribution is 0.0786. The van der Waals surface area contributed by atoms with Crippen molar-refractivity contribution in [3.63, 3.8) is 0 Å². The zero-order chi connectivity index (χ0) is 14.8. The molecule has 106 valence electrons. The fourth-order valence-electron chi connectivity index (χ4n) is 2.44. The number of rotatable bonds is 3. The standard InChI is InChI=1S/C17H17N3O/c1-13-11-20-10-6-9-15(16(20)18-13)17(21)19(2)12-14-7-4-3-5-8-14/h3-11H,12H2,1-2H3. The number of fused-ring (bicyclic) bond motifs is 1. The van der Waals surface area contributed by atoms with Crippen molar-refractivity contribution >= 4 is 11.6 Å². The van der Waals surface area contributed by atoms with Gasteiger partial charge in [-0.2, -0.15) is 0 Å². The van der Waals surface area contributed by atoms with Crippen LogP contribution < -0.4 is 0 Å². The Labute approximate surface area is 123 Å².